The van der Waals surface area contributed by atoms with Crippen LogP contribution in [0.15, 0.2) is 33.7 Å². The monoisotopic (exact) mass is 722 g/mol. The highest BCUT2D eigenvalue weighted by molar-refractivity contribution is 7.80. The third-order valence-corrected chi connectivity index (χ3v) is 9.70. The van der Waals surface area contributed by atoms with Crippen molar-refractivity contribution in [3.05, 3.63) is 40.4 Å². The van der Waals surface area contributed by atoms with Gasteiger partial charge in [0, 0.05) is 30.9 Å². The number of oxime groups is 1. The molecule has 2 aliphatic heterocycles. The number of hydroxylamine groups is 2. The van der Waals surface area contributed by atoms with Gasteiger partial charge in [0.25, 0.3) is 12.0 Å². The number of rotatable bonds is 13. The predicted molar refractivity (Wildman–Crippen MR) is 175 cm³/mol. The van der Waals surface area contributed by atoms with Gasteiger partial charge in [0.05, 0.1) is 17.5 Å². The summed E-state index contributed by atoms with van der Waals surface area (Å²) in [6, 6.07) is 5.70. The number of nitrogen functional groups attached to an aromatic ring is 1. The molecule has 266 valence electrons. The number of fused-ring (bicyclic) bond motifs is 1. The zero-order valence-corrected chi connectivity index (χ0v) is 28.4. The van der Waals surface area contributed by atoms with Gasteiger partial charge in [-0.3, -0.25) is 14.1 Å². The average molecular weight is 723 g/mol. The fraction of sp³-hybridized carbons (Fsp3) is 0.517. The Morgan fingerprint density at radius 2 is 1.88 bits per heavy atom. The Labute approximate surface area is 285 Å². The van der Waals surface area contributed by atoms with Gasteiger partial charge in [0.2, 0.25) is 0 Å². The number of hydrogen-bond donors (Lipinski definition) is 5. The number of ether oxygens (including phenoxy) is 1. The zero-order chi connectivity index (χ0) is 35.7. The van der Waals surface area contributed by atoms with Crippen LogP contribution in [-0.2, 0) is 47.0 Å². The minimum Gasteiger partial charge on any atom is -0.489 e. The first kappa shape index (κ1) is 35.9. The molecule has 1 amide bonds. The third-order valence-electron chi connectivity index (χ3n) is 8.69. The van der Waals surface area contributed by atoms with Crippen LogP contribution in [0.5, 0.6) is 5.75 Å². The molecular formula is C29H38N8O10S2. The molecule has 1 saturated carbocycles. The highest BCUT2D eigenvalue weighted by Gasteiger charge is 2.57. The van der Waals surface area contributed by atoms with Crippen LogP contribution in [0.1, 0.15) is 62.8 Å². The van der Waals surface area contributed by atoms with Crippen molar-refractivity contribution >= 4 is 56.2 Å². The van der Waals surface area contributed by atoms with Gasteiger partial charge in [-0.2, -0.15) is 13.5 Å². The number of nitrogens with zero attached hydrogens (tertiary/aromatic N) is 5. The third kappa shape index (κ3) is 8.44. The van der Waals surface area contributed by atoms with Crippen molar-refractivity contribution < 1.29 is 46.3 Å². The van der Waals surface area contributed by atoms with Crippen LogP contribution in [0.3, 0.4) is 0 Å². The number of carbonyl (C=O) groups excluding carboxylic acids is 2. The van der Waals surface area contributed by atoms with Gasteiger partial charge >= 0.3 is 16.4 Å². The molecule has 2 unspecified atom stereocenters. The number of hydrogen-bond acceptors (Lipinski definition) is 14. The van der Waals surface area contributed by atoms with Gasteiger partial charge in [-0.05, 0) is 62.8 Å². The Hall–Kier alpha value is -4.37. The van der Waals surface area contributed by atoms with Crippen LogP contribution in [0.4, 0.5) is 5.13 Å². The number of guanidine groups is 1. The van der Waals surface area contributed by atoms with Gasteiger partial charge in [0.15, 0.2) is 22.6 Å². The summed E-state index contributed by atoms with van der Waals surface area (Å²) in [6.45, 7) is 3.44. The smallest absolute Gasteiger partial charge is 0.418 e. The lowest BCUT2D eigenvalue weighted by molar-refractivity contribution is -0.228. The summed E-state index contributed by atoms with van der Waals surface area (Å²) < 4.78 is 41.3. The summed E-state index contributed by atoms with van der Waals surface area (Å²) in [6.07, 6.45) is 1.48. The topological polar surface area (TPSA) is 276 Å². The van der Waals surface area contributed by atoms with Crippen molar-refractivity contribution in [2.24, 2.45) is 27.5 Å². The van der Waals surface area contributed by atoms with Crippen LogP contribution >= 0.6 is 11.3 Å². The van der Waals surface area contributed by atoms with Crippen molar-refractivity contribution in [1.82, 2.24) is 14.9 Å². The summed E-state index contributed by atoms with van der Waals surface area (Å²) in [5.74, 6) is -3.33. The number of carboxylic acid groups (broad SMARTS) is 1. The molecule has 18 nitrogen and oxygen atoms in total. The molecule has 3 heterocycles. The molecular weight excluding hydrogens is 684 g/mol. The van der Waals surface area contributed by atoms with Crippen LogP contribution in [-0.4, -0.2) is 92.7 Å². The summed E-state index contributed by atoms with van der Waals surface area (Å²) in [7, 11) is -4.99. The lowest BCUT2D eigenvalue weighted by Gasteiger charge is -2.50. The SMILES string of the molecule is CC1(C)C(CC(=O)/C(=N\OC(COc2ccc3c(c2)CN(C(N)=NC2CCC(N)CC2)C3)C(=O)O)c2csc(N)n2)C(=O)N1OS(=O)(=O)O. The molecule has 20 heteroatoms. The number of anilines is 1. The molecule has 0 spiro atoms. The Kier molecular flexibility index (Phi) is 10.4. The highest BCUT2D eigenvalue weighted by Crippen LogP contribution is 2.40. The van der Waals surface area contributed by atoms with Gasteiger partial charge in [-0.1, -0.05) is 11.2 Å². The minimum atomic E-state index is -4.99. The maximum absolute atomic E-state index is 13.4. The standard InChI is InChI=1S/C29H38N8O10S2/c1-29(2)20(25(39)37(29)47-49(42,43)44)10-22(38)24(21-14-48-28(32)34-21)35-46-23(26(40)41)13-45-19-8-3-15-11-36(12-16(15)9-19)27(31)33-18-6-4-17(30)5-7-18/h3,8-9,14,17-18,20,23H,4-7,10-13,30H2,1-2H3,(H2,31,33)(H2,32,34)(H,40,41)(H,42,43,44)/b35-24-. The molecule has 1 aromatic carbocycles. The average Bonchev–Trinajstić information content (AvgIpc) is 3.66. The maximum atomic E-state index is 13.4. The number of benzene rings is 1. The fourth-order valence-electron chi connectivity index (χ4n) is 5.84. The molecule has 1 aromatic heterocycles. The normalized spacial score (nSPS) is 23.1. The number of aliphatic imine (C=N–C) groups is 1. The number of thiazole rings is 1. The lowest BCUT2D eigenvalue weighted by Crippen LogP contribution is -2.68. The van der Waals surface area contributed by atoms with Crippen LogP contribution in [0, 0.1) is 5.92 Å². The molecule has 1 saturated heterocycles. The quantitative estimate of drug-likeness (QED) is 0.0629. The number of β-lactam (4-membered cyclic amide) rings is 1. The Morgan fingerprint density at radius 1 is 1.18 bits per heavy atom. The summed E-state index contributed by atoms with van der Waals surface area (Å²) >= 11 is 0.988. The highest BCUT2D eigenvalue weighted by atomic mass is 32.3. The van der Waals surface area contributed by atoms with E-state index in [1.54, 1.807) is 12.1 Å². The van der Waals surface area contributed by atoms with E-state index < -0.39 is 64.4 Å². The van der Waals surface area contributed by atoms with Crippen LogP contribution < -0.4 is 21.9 Å². The molecule has 2 aromatic rings. The van der Waals surface area contributed by atoms with E-state index in [1.807, 2.05) is 11.0 Å². The Morgan fingerprint density at radius 3 is 2.49 bits per heavy atom. The largest absolute Gasteiger partial charge is 0.489 e. The van der Waals surface area contributed by atoms with Crippen LogP contribution in [0.2, 0.25) is 0 Å². The number of ketones is 1. The molecule has 2 atom stereocenters. The Balaban J connectivity index is 1.23. The van der Waals surface area contributed by atoms with E-state index in [0.717, 1.165) is 48.1 Å². The molecule has 2 fully saturated rings. The second-order valence-electron chi connectivity index (χ2n) is 12.6. The molecule has 1 aliphatic carbocycles. The van der Waals surface area contributed by atoms with Crippen molar-refractivity contribution in [3.8, 4) is 5.75 Å². The van der Waals surface area contributed by atoms with Gasteiger partial charge < -0.3 is 36.8 Å². The van der Waals surface area contributed by atoms with Crippen molar-refractivity contribution in [1.29, 1.82) is 0 Å². The number of carbonyl (C=O) groups is 3. The summed E-state index contributed by atoms with van der Waals surface area (Å²) in [5, 5.41) is 15.6. The zero-order valence-electron chi connectivity index (χ0n) is 26.7. The first-order valence-electron chi connectivity index (χ1n) is 15.3. The van der Waals surface area contributed by atoms with E-state index in [2.05, 4.69) is 14.4 Å². The van der Waals surface area contributed by atoms with E-state index in [-0.39, 0.29) is 22.9 Å². The van der Waals surface area contributed by atoms with Crippen molar-refractivity contribution in [3.63, 3.8) is 0 Å². The summed E-state index contributed by atoms with van der Waals surface area (Å²) in [4.78, 5) is 54.0. The number of carboxylic acids is 1. The second-order valence-corrected chi connectivity index (χ2v) is 14.5. The van der Waals surface area contributed by atoms with Gasteiger partial charge in [-0.15, -0.1) is 15.6 Å². The van der Waals surface area contributed by atoms with Crippen molar-refractivity contribution in [2.75, 3.05) is 12.3 Å². The first-order chi connectivity index (χ1) is 23.0. The van der Waals surface area contributed by atoms with E-state index in [0.29, 0.717) is 29.9 Å². The minimum absolute atomic E-state index is 0.0220. The first-order valence-corrected chi connectivity index (χ1v) is 17.6. The number of amides is 1. The number of aromatic nitrogens is 1. The molecule has 49 heavy (non-hydrogen) atoms. The molecule has 3 aliphatic rings. The maximum Gasteiger partial charge on any atom is 0.418 e. The second kappa shape index (κ2) is 14.2. The van der Waals surface area contributed by atoms with Gasteiger partial charge in [-0.25, -0.2) is 14.8 Å². The molecule has 8 N–H and O–H groups in total. The number of nitrogens with two attached hydrogens (primary N) is 3. The van der Waals surface area contributed by atoms with Crippen LogP contribution in [0.25, 0.3) is 0 Å². The molecule has 5 rings (SSSR count). The van der Waals surface area contributed by atoms with Gasteiger partial charge in [0.1, 0.15) is 18.1 Å². The summed E-state index contributed by atoms with van der Waals surface area (Å²) in [5.41, 5.74) is 18.3. The molecule has 0 radical (unpaired) electrons. The number of aliphatic carboxylic acids is 1. The van der Waals surface area contributed by atoms with E-state index in [1.165, 1.54) is 19.2 Å². The fourth-order valence-corrected chi connectivity index (χ4v) is 6.84. The Bertz CT molecular complexity index is 1770. The van der Waals surface area contributed by atoms with E-state index in [9.17, 15) is 27.9 Å². The van der Waals surface area contributed by atoms with E-state index >= 15 is 0 Å². The molecule has 0 bridgehead atoms. The lowest BCUT2D eigenvalue weighted by atomic mass is 9.74. The predicted octanol–water partition coefficient (Wildman–Crippen LogP) is 0.809. The number of Topliss-reactive ketones (excluding diaryl/α,β-unsaturated/α-hetero) is 1. The van der Waals surface area contributed by atoms with Crippen molar-refractivity contribution in [2.45, 2.75) is 82.8 Å². The van der Waals surface area contributed by atoms with E-state index in [4.69, 9.17) is 36.3 Å².